The van der Waals surface area contributed by atoms with Crippen LogP contribution in [0.4, 0.5) is 11.6 Å². The second-order valence-corrected chi connectivity index (χ2v) is 7.93. The zero-order chi connectivity index (χ0) is 21.3. The molecule has 1 aromatic carbocycles. The van der Waals surface area contributed by atoms with Gasteiger partial charge in [-0.05, 0) is 58.4 Å². The molecule has 1 atom stereocenters. The average molecular weight is 401 g/mol. The first-order valence-corrected chi connectivity index (χ1v) is 9.85. The van der Waals surface area contributed by atoms with Crippen LogP contribution in [0.25, 0.3) is 0 Å². The maximum atomic E-state index is 10.2. The van der Waals surface area contributed by atoms with Gasteiger partial charge in [0.15, 0.2) is 5.82 Å². The second-order valence-electron chi connectivity index (χ2n) is 7.93. The van der Waals surface area contributed by atoms with Gasteiger partial charge in [0.1, 0.15) is 24.3 Å². The molecule has 0 aliphatic rings. The zero-order valence-corrected chi connectivity index (χ0v) is 17.9. The molecule has 1 heterocycles. The van der Waals surface area contributed by atoms with Crippen LogP contribution in [-0.4, -0.2) is 52.7 Å². The highest BCUT2D eigenvalue weighted by atomic mass is 16.5. The van der Waals surface area contributed by atoms with Crippen LogP contribution in [0.5, 0.6) is 5.75 Å². The van der Waals surface area contributed by atoms with Crippen LogP contribution in [0.3, 0.4) is 0 Å². The minimum absolute atomic E-state index is 0.124. The van der Waals surface area contributed by atoms with E-state index in [4.69, 9.17) is 4.74 Å². The maximum absolute atomic E-state index is 10.2. The predicted octanol–water partition coefficient (Wildman–Crippen LogP) is 3.50. The number of ether oxygens (including phenoxy) is 1. The smallest absolute Gasteiger partial charge is 0.196 e. The molecule has 1 unspecified atom stereocenters. The number of benzene rings is 1. The van der Waals surface area contributed by atoms with Gasteiger partial charge in [-0.25, -0.2) is 0 Å². The van der Waals surface area contributed by atoms with Crippen molar-refractivity contribution < 1.29 is 9.84 Å². The maximum Gasteiger partial charge on any atom is 0.196 e. The summed E-state index contributed by atoms with van der Waals surface area (Å²) in [6, 6.07) is 11.5. The van der Waals surface area contributed by atoms with Crippen molar-refractivity contribution in [2.75, 3.05) is 25.0 Å². The van der Waals surface area contributed by atoms with Gasteiger partial charge >= 0.3 is 0 Å². The lowest BCUT2D eigenvalue weighted by molar-refractivity contribution is 0.0993. The SMILES string of the molecule is Cc1ccccc1OCC(O)CNC(C)(C)CNc1ccc(N=NC(C)C)nn1. The molecule has 0 radical (unpaired) electrons. The van der Waals surface area contributed by atoms with E-state index in [0.717, 1.165) is 11.3 Å². The molecule has 2 rings (SSSR count). The molecule has 0 fully saturated rings. The quantitative estimate of drug-likeness (QED) is 0.499. The van der Waals surface area contributed by atoms with Crippen molar-refractivity contribution in [1.82, 2.24) is 15.5 Å². The summed E-state index contributed by atoms with van der Waals surface area (Å²) in [6.45, 7) is 11.2. The topological polar surface area (TPSA) is 104 Å². The van der Waals surface area contributed by atoms with Gasteiger partial charge in [0.05, 0.1) is 6.04 Å². The number of nitrogens with one attached hydrogen (secondary N) is 2. The Balaban J connectivity index is 1.74. The lowest BCUT2D eigenvalue weighted by Gasteiger charge is -2.28. The summed E-state index contributed by atoms with van der Waals surface area (Å²) in [5.74, 6) is 1.94. The van der Waals surface area contributed by atoms with E-state index < -0.39 is 6.10 Å². The highest BCUT2D eigenvalue weighted by Crippen LogP contribution is 2.16. The molecule has 0 saturated heterocycles. The highest BCUT2D eigenvalue weighted by molar-refractivity contribution is 5.38. The summed E-state index contributed by atoms with van der Waals surface area (Å²) in [5.41, 5.74) is 0.788. The molecular formula is C21H32N6O2. The Morgan fingerprint density at radius 1 is 1.14 bits per heavy atom. The highest BCUT2D eigenvalue weighted by Gasteiger charge is 2.19. The number of aromatic nitrogens is 2. The van der Waals surface area contributed by atoms with Crippen LogP contribution in [0.15, 0.2) is 46.6 Å². The lowest BCUT2D eigenvalue weighted by atomic mass is 10.1. The number of aliphatic hydroxyl groups excluding tert-OH is 1. The Morgan fingerprint density at radius 3 is 2.55 bits per heavy atom. The van der Waals surface area contributed by atoms with E-state index in [2.05, 4.69) is 31.1 Å². The van der Waals surface area contributed by atoms with Crippen LogP contribution in [-0.2, 0) is 0 Å². The summed E-state index contributed by atoms with van der Waals surface area (Å²) < 4.78 is 5.70. The zero-order valence-electron chi connectivity index (χ0n) is 17.9. The summed E-state index contributed by atoms with van der Waals surface area (Å²) >= 11 is 0. The number of aliphatic hydroxyl groups is 1. The van der Waals surface area contributed by atoms with E-state index in [-0.39, 0.29) is 18.2 Å². The van der Waals surface area contributed by atoms with Gasteiger partial charge in [0, 0.05) is 18.6 Å². The molecule has 0 bridgehead atoms. The van der Waals surface area contributed by atoms with Gasteiger partial charge in [0.25, 0.3) is 0 Å². The van der Waals surface area contributed by atoms with Crippen LogP contribution in [0.2, 0.25) is 0 Å². The number of aryl methyl sites for hydroxylation is 1. The van der Waals surface area contributed by atoms with Gasteiger partial charge < -0.3 is 20.5 Å². The fourth-order valence-electron chi connectivity index (χ4n) is 2.38. The Labute approximate surface area is 172 Å². The number of nitrogens with zero attached hydrogens (tertiary/aromatic N) is 4. The first-order chi connectivity index (χ1) is 13.7. The summed E-state index contributed by atoms with van der Waals surface area (Å²) in [6.07, 6.45) is -0.612. The van der Waals surface area contributed by atoms with E-state index >= 15 is 0 Å². The number of hydrogen-bond acceptors (Lipinski definition) is 8. The Kier molecular flexibility index (Phi) is 8.48. The minimum Gasteiger partial charge on any atom is -0.491 e. The monoisotopic (exact) mass is 400 g/mol. The van der Waals surface area contributed by atoms with E-state index in [1.165, 1.54) is 0 Å². The normalized spacial score (nSPS) is 13.1. The molecule has 0 spiro atoms. The molecule has 0 aliphatic carbocycles. The number of rotatable bonds is 11. The third-order valence-electron chi connectivity index (χ3n) is 4.09. The van der Waals surface area contributed by atoms with E-state index in [0.29, 0.717) is 24.7 Å². The fourth-order valence-corrected chi connectivity index (χ4v) is 2.38. The van der Waals surface area contributed by atoms with Gasteiger partial charge in [-0.15, -0.1) is 15.3 Å². The molecule has 29 heavy (non-hydrogen) atoms. The second kappa shape index (κ2) is 10.8. The van der Waals surface area contributed by atoms with Crippen molar-refractivity contribution in [1.29, 1.82) is 0 Å². The molecule has 1 aromatic heterocycles. The average Bonchev–Trinajstić information content (AvgIpc) is 2.69. The van der Waals surface area contributed by atoms with Gasteiger partial charge in [-0.1, -0.05) is 18.2 Å². The van der Waals surface area contributed by atoms with E-state index in [1.54, 1.807) is 6.07 Å². The van der Waals surface area contributed by atoms with Crippen molar-refractivity contribution in [3.63, 3.8) is 0 Å². The van der Waals surface area contributed by atoms with Gasteiger partial charge in [0.2, 0.25) is 0 Å². The van der Waals surface area contributed by atoms with E-state index in [1.807, 2.05) is 65.0 Å². The van der Waals surface area contributed by atoms with Crippen molar-refractivity contribution in [3.8, 4) is 5.75 Å². The van der Waals surface area contributed by atoms with Crippen LogP contribution in [0.1, 0.15) is 33.3 Å². The fraction of sp³-hybridized carbons (Fsp3) is 0.524. The third kappa shape index (κ3) is 8.53. The van der Waals surface area contributed by atoms with Gasteiger partial charge in [-0.2, -0.15) is 5.11 Å². The number of para-hydroxylation sites is 1. The molecule has 0 saturated carbocycles. The summed E-state index contributed by atoms with van der Waals surface area (Å²) in [5, 5.41) is 33.0. The van der Waals surface area contributed by atoms with E-state index in [9.17, 15) is 5.11 Å². The number of β-amino-alcohol motifs (C(OH)–C–C–N with tert-alkyl or cyclic N) is 1. The summed E-state index contributed by atoms with van der Waals surface area (Å²) in [7, 11) is 0. The van der Waals surface area contributed by atoms with Crippen LogP contribution >= 0.6 is 0 Å². The van der Waals surface area contributed by atoms with Crippen LogP contribution < -0.4 is 15.4 Å². The number of anilines is 1. The Hall–Kier alpha value is -2.58. The van der Waals surface area contributed by atoms with Gasteiger partial charge in [-0.3, -0.25) is 0 Å². The lowest BCUT2D eigenvalue weighted by Crippen LogP contribution is -2.49. The summed E-state index contributed by atoms with van der Waals surface area (Å²) in [4.78, 5) is 0. The molecular weight excluding hydrogens is 368 g/mol. The number of azo groups is 1. The Bertz CT molecular complexity index is 777. The van der Waals surface area contributed by atoms with Crippen LogP contribution in [0, 0.1) is 6.92 Å². The molecule has 0 amide bonds. The molecule has 8 nitrogen and oxygen atoms in total. The molecule has 2 aromatic rings. The molecule has 3 N–H and O–H groups in total. The minimum atomic E-state index is -0.612. The molecule has 0 aliphatic heterocycles. The first-order valence-electron chi connectivity index (χ1n) is 9.85. The molecule has 158 valence electrons. The largest absolute Gasteiger partial charge is 0.491 e. The van der Waals surface area contributed by atoms with Crippen molar-refractivity contribution in [2.24, 2.45) is 10.2 Å². The van der Waals surface area contributed by atoms with Crippen molar-refractivity contribution in [3.05, 3.63) is 42.0 Å². The Morgan fingerprint density at radius 2 is 1.90 bits per heavy atom. The number of hydrogen-bond donors (Lipinski definition) is 3. The van der Waals surface area contributed by atoms with Crippen molar-refractivity contribution >= 4 is 11.6 Å². The van der Waals surface area contributed by atoms with Crippen molar-refractivity contribution in [2.45, 2.75) is 52.3 Å². The predicted molar refractivity (Wildman–Crippen MR) is 115 cm³/mol. The first kappa shape index (κ1) is 22.7. The molecule has 8 heteroatoms. The standard InChI is InChI=1S/C21H32N6O2/c1-15(2)24-26-20-11-10-19(25-27-20)22-14-21(4,5)23-12-17(28)13-29-18-9-7-6-8-16(18)3/h6-11,15,17,23,28H,12-14H2,1-5H3,(H,22,25). The third-order valence-corrected chi connectivity index (χ3v) is 4.09.